The Morgan fingerprint density at radius 2 is 1.83 bits per heavy atom. The minimum absolute atomic E-state index is 0.246. The van der Waals surface area contributed by atoms with Crippen molar-refractivity contribution in [2.45, 2.75) is 47.1 Å². The zero-order chi connectivity index (χ0) is 21.0. The van der Waals surface area contributed by atoms with Gasteiger partial charge in [0.2, 0.25) is 5.91 Å². The first kappa shape index (κ1) is 21.4. The van der Waals surface area contributed by atoms with Crippen LogP contribution in [-0.2, 0) is 11.3 Å². The van der Waals surface area contributed by atoms with Gasteiger partial charge in [-0.05, 0) is 42.0 Å². The molecule has 1 fully saturated rings. The van der Waals surface area contributed by atoms with E-state index in [0.717, 1.165) is 32.6 Å². The lowest BCUT2D eigenvalue weighted by molar-refractivity contribution is -0.134. The number of hydrogen-bond acceptors (Lipinski definition) is 5. The van der Waals surface area contributed by atoms with Gasteiger partial charge in [0.1, 0.15) is 5.82 Å². The van der Waals surface area contributed by atoms with Crippen LogP contribution in [0.3, 0.4) is 0 Å². The summed E-state index contributed by atoms with van der Waals surface area (Å²) in [4.78, 5) is 21.2. The summed E-state index contributed by atoms with van der Waals surface area (Å²) >= 11 is 0. The van der Waals surface area contributed by atoms with Crippen molar-refractivity contribution in [3.63, 3.8) is 0 Å². The van der Waals surface area contributed by atoms with Gasteiger partial charge in [-0.2, -0.15) is 4.98 Å². The molecule has 0 saturated carbocycles. The highest BCUT2D eigenvalue weighted by Gasteiger charge is 2.25. The molecular weight excluding hydrogens is 371 g/mol. The van der Waals surface area contributed by atoms with Crippen molar-refractivity contribution in [1.82, 2.24) is 19.9 Å². The first-order valence-electron chi connectivity index (χ1n) is 10.3. The van der Waals surface area contributed by atoms with E-state index in [1.165, 1.54) is 12.1 Å². The smallest absolute Gasteiger partial charge is 0.257 e. The Bertz CT molecular complexity index is 805. The van der Waals surface area contributed by atoms with Crippen molar-refractivity contribution in [2.75, 3.05) is 26.2 Å². The van der Waals surface area contributed by atoms with Crippen LogP contribution in [0.1, 0.15) is 46.4 Å². The van der Waals surface area contributed by atoms with E-state index >= 15 is 0 Å². The standard InChI is InChI=1S/C22H31FN4O2/c1-16(14-22(2,3)4)13-20(28)27-11-9-26(10-12-27)15-19-24-21(29-25-19)17-5-7-18(23)8-6-17/h5-8,16H,9-15H2,1-4H3/t16-/m1/s1. The molecule has 0 bridgehead atoms. The number of rotatable bonds is 6. The first-order valence-corrected chi connectivity index (χ1v) is 10.3. The van der Waals surface area contributed by atoms with Crippen LogP contribution in [-0.4, -0.2) is 52.0 Å². The van der Waals surface area contributed by atoms with E-state index in [4.69, 9.17) is 4.52 Å². The Hall–Kier alpha value is -2.28. The summed E-state index contributed by atoms with van der Waals surface area (Å²) in [6.07, 6.45) is 1.66. The molecule has 158 valence electrons. The maximum absolute atomic E-state index is 13.0. The van der Waals surface area contributed by atoms with Gasteiger partial charge in [0.15, 0.2) is 5.82 Å². The predicted octanol–water partition coefficient (Wildman–Crippen LogP) is 3.98. The molecule has 0 unspecified atom stereocenters. The lowest BCUT2D eigenvalue weighted by atomic mass is 9.84. The van der Waals surface area contributed by atoms with Gasteiger partial charge >= 0.3 is 0 Å². The second-order valence-corrected chi connectivity index (χ2v) is 9.25. The zero-order valence-electron chi connectivity index (χ0n) is 17.8. The Morgan fingerprint density at radius 1 is 1.17 bits per heavy atom. The molecule has 1 aromatic heterocycles. The van der Waals surface area contributed by atoms with Crippen LogP contribution in [0.15, 0.2) is 28.8 Å². The third-order valence-electron chi connectivity index (χ3n) is 5.13. The van der Waals surface area contributed by atoms with Crippen molar-refractivity contribution in [3.8, 4) is 11.5 Å². The van der Waals surface area contributed by atoms with Crippen molar-refractivity contribution in [2.24, 2.45) is 11.3 Å². The number of amides is 1. The molecule has 0 radical (unpaired) electrons. The summed E-state index contributed by atoms with van der Waals surface area (Å²) in [6.45, 7) is 12.4. The molecule has 1 amide bonds. The lowest BCUT2D eigenvalue weighted by Crippen LogP contribution is -2.48. The maximum Gasteiger partial charge on any atom is 0.257 e. The first-order chi connectivity index (χ1) is 13.7. The normalized spacial score (nSPS) is 16.8. The molecule has 7 heteroatoms. The van der Waals surface area contributed by atoms with E-state index in [-0.39, 0.29) is 17.1 Å². The second-order valence-electron chi connectivity index (χ2n) is 9.25. The van der Waals surface area contributed by atoms with Crippen molar-refractivity contribution in [3.05, 3.63) is 35.9 Å². The number of benzene rings is 1. The number of aromatic nitrogens is 2. The third-order valence-corrected chi connectivity index (χ3v) is 5.13. The van der Waals surface area contributed by atoms with E-state index in [2.05, 4.69) is 42.7 Å². The van der Waals surface area contributed by atoms with Crippen molar-refractivity contribution in [1.29, 1.82) is 0 Å². The van der Waals surface area contributed by atoms with Crippen LogP contribution >= 0.6 is 0 Å². The molecule has 1 aliphatic heterocycles. The number of halogens is 1. The van der Waals surface area contributed by atoms with Gasteiger partial charge in [-0.15, -0.1) is 0 Å². The van der Waals surface area contributed by atoms with Crippen LogP contribution < -0.4 is 0 Å². The van der Waals surface area contributed by atoms with Crippen molar-refractivity contribution < 1.29 is 13.7 Å². The lowest BCUT2D eigenvalue weighted by Gasteiger charge is -2.35. The fraction of sp³-hybridized carbons (Fsp3) is 0.591. The molecule has 0 aliphatic carbocycles. The molecule has 2 aromatic rings. The van der Waals surface area contributed by atoms with Crippen LogP contribution in [0.25, 0.3) is 11.5 Å². The summed E-state index contributed by atoms with van der Waals surface area (Å²) < 4.78 is 18.3. The highest BCUT2D eigenvalue weighted by atomic mass is 19.1. The van der Waals surface area contributed by atoms with Gasteiger partial charge in [0.25, 0.3) is 5.89 Å². The largest absolute Gasteiger partial charge is 0.340 e. The fourth-order valence-corrected chi connectivity index (χ4v) is 3.93. The summed E-state index contributed by atoms with van der Waals surface area (Å²) in [6, 6.07) is 5.99. The number of nitrogens with zero attached hydrogens (tertiary/aromatic N) is 4. The molecule has 1 aliphatic rings. The van der Waals surface area contributed by atoms with E-state index in [9.17, 15) is 9.18 Å². The van der Waals surface area contributed by atoms with E-state index in [0.29, 0.717) is 36.2 Å². The minimum Gasteiger partial charge on any atom is -0.340 e. The number of carbonyl (C=O) groups excluding carboxylic acids is 1. The minimum atomic E-state index is -0.297. The van der Waals surface area contributed by atoms with Crippen LogP contribution in [0.4, 0.5) is 4.39 Å². The van der Waals surface area contributed by atoms with Gasteiger partial charge in [0, 0.05) is 38.2 Å². The zero-order valence-corrected chi connectivity index (χ0v) is 17.8. The SMILES string of the molecule is C[C@H](CC(=O)N1CCN(Cc2noc(-c3ccc(F)cc3)n2)CC1)CC(C)(C)C. The Kier molecular flexibility index (Phi) is 6.67. The molecule has 6 nitrogen and oxygen atoms in total. The van der Waals surface area contributed by atoms with Crippen molar-refractivity contribution >= 4 is 5.91 Å². The molecule has 0 spiro atoms. The molecule has 3 rings (SSSR count). The Labute approximate surface area is 172 Å². The Balaban J connectivity index is 1.46. The number of piperazine rings is 1. The highest BCUT2D eigenvalue weighted by molar-refractivity contribution is 5.76. The third kappa shape index (κ3) is 6.35. The van der Waals surface area contributed by atoms with Crippen LogP contribution in [0.2, 0.25) is 0 Å². The van der Waals surface area contributed by atoms with E-state index in [1.807, 2.05) is 4.90 Å². The molecule has 1 saturated heterocycles. The Morgan fingerprint density at radius 3 is 2.45 bits per heavy atom. The second kappa shape index (κ2) is 9.03. The molecule has 1 atom stereocenters. The van der Waals surface area contributed by atoms with Gasteiger partial charge in [0.05, 0.1) is 6.54 Å². The molecule has 0 N–H and O–H groups in total. The fourth-order valence-electron chi connectivity index (χ4n) is 3.93. The molecule has 2 heterocycles. The highest BCUT2D eigenvalue weighted by Crippen LogP contribution is 2.26. The van der Waals surface area contributed by atoms with Crippen LogP contribution in [0.5, 0.6) is 0 Å². The van der Waals surface area contributed by atoms with Gasteiger partial charge in [-0.3, -0.25) is 9.69 Å². The number of hydrogen-bond donors (Lipinski definition) is 0. The summed E-state index contributed by atoms with van der Waals surface area (Å²) in [5, 5.41) is 4.03. The van der Waals surface area contributed by atoms with Crippen LogP contribution in [0, 0.1) is 17.2 Å². The van der Waals surface area contributed by atoms with Gasteiger partial charge < -0.3 is 9.42 Å². The summed E-state index contributed by atoms with van der Waals surface area (Å²) in [5.74, 6) is 1.34. The van der Waals surface area contributed by atoms with Gasteiger partial charge in [-0.1, -0.05) is 32.9 Å². The van der Waals surface area contributed by atoms with E-state index < -0.39 is 0 Å². The average molecular weight is 403 g/mol. The molecular formula is C22H31FN4O2. The van der Waals surface area contributed by atoms with E-state index in [1.54, 1.807) is 12.1 Å². The topological polar surface area (TPSA) is 62.5 Å². The maximum atomic E-state index is 13.0. The summed E-state index contributed by atoms with van der Waals surface area (Å²) in [5.41, 5.74) is 0.945. The average Bonchev–Trinajstić information content (AvgIpc) is 3.09. The molecule has 29 heavy (non-hydrogen) atoms. The molecule has 1 aromatic carbocycles. The number of carbonyl (C=O) groups is 1. The monoisotopic (exact) mass is 402 g/mol. The summed E-state index contributed by atoms with van der Waals surface area (Å²) in [7, 11) is 0. The predicted molar refractivity (Wildman–Crippen MR) is 109 cm³/mol. The van der Waals surface area contributed by atoms with Gasteiger partial charge in [-0.25, -0.2) is 4.39 Å². The quantitative estimate of drug-likeness (QED) is 0.731.